The Bertz CT molecular complexity index is 963. The van der Waals surface area contributed by atoms with Crippen LogP contribution in [0, 0.1) is 0 Å². The van der Waals surface area contributed by atoms with Crippen LogP contribution in [0.1, 0.15) is 37.9 Å². The van der Waals surface area contributed by atoms with Gasteiger partial charge in [0, 0.05) is 17.1 Å². The number of carbonyl (C=O) groups is 3. The zero-order chi connectivity index (χ0) is 21.3. The van der Waals surface area contributed by atoms with Crippen LogP contribution in [-0.2, 0) is 16.1 Å². The van der Waals surface area contributed by atoms with Crippen LogP contribution in [0.3, 0.4) is 0 Å². The third-order valence-corrected chi connectivity index (χ3v) is 6.56. The number of hydrogen-bond donors (Lipinski definition) is 1. The maximum absolute atomic E-state index is 13.0. The fourth-order valence-corrected chi connectivity index (χ4v) is 4.56. The SMILES string of the molecule is CN1C(=O)N(CC(=O)NCc2ccc(-c3ccc(Br)cc3)o2)C(=O)C12CCCCC2. The summed E-state index contributed by atoms with van der Waals surface area (Å²) in [7, 11) is 1.66. The predicted molar refractivity (Wildman–Crippen MR) is 114 cm³/mol. The van der Waals surface area contributed by atoms with Gasteiger partial charge in [-0.05, 0) is 37.1 Å². The number of benzene rings is 1. The van der Waals surface area contributed by atoms with Gasteiger partial charge in [-0.2, -0.15) is 0 Å². The molecule has 1 aliphatic carbocycles. The van der Waals surface area contributed by atoms with Crippen molar-refractivity contribution in [1.82, 2.24) is 15.1 Å². The molecule has 0 atom stereocenters. The Kier molecular flexibility index (Phi) is 5.69. The van der Waals surface area contributed by atoms with E-state index in [0.717, 1.165) is 34.2 Å². The molecule has 7 nitrogen and oxygen atoms in total. The molecule has 4 amide bonds. The van der Waals surface area contributed by atoms with Gasteiger partial charge in [-0.25, -0.2) is 4.79 Å². The van der Waals surface area contributed by atoms with Crippen LogP contribution in [0.4, 0.5) is 4.79 Å². The lowest BCUT2D eigenvalue weighted by Gasteiger charge is -2.35. The molecule has 1 aromatic carbocycles. The van der Waals surface area contributed by atoms with Crippen molar-refractivity contribution >= 4 is 33.8 Å². The monoisotopic (exact) mass is 473 g/mol. The Morgan fingerprint density at radius 3 is 2.50 bits per heavy atom. The zero-order valence-corrected chi connectivity index (χ0v) is 18.4. The normalized spacial score (nSPS) is 18.3. The molecular formula is C22H24BrN3O4. The second-order valence-corrected chi connectivity index (χ2v) is 8.79. The summed E-state index contributed by atoms with van der Waals surface area (Å²) in [5.41, 5.74) is 0.167. The average Bonchev–Trinajstić information content (AvgIpc) is 3.29. The maximum atomic E-state index is 13.0. The number of amides is 4. The summed E-state index contributed by atoms with van der Waals surface area (Å²) >= 11 is 3.40. The molecule has 1 saturated carbocycles. The molecule has 4 rings (SSSR count). The first-order valence-electron chi connectivity index (χ1n) is 10.1. The van der Waals surface area contributed by atoms with Crippen molar-refractivity contribution in [1.29, 1.82) is 0 Å². The van der Waals surface area contributed by atoms with Gasteiger partial charge >= 0.3 is 6.03 Å². The van der Waals surface area contributed by atoms with E-state index in [1.165, 1.54) is 4.90 Å². The van der Waals surface area contributed by atoms with Crippen LogP contribution >= 0.6 is 15.9 Å². The van der Waals surface area contributed by atoms with Gasteiger partial charge in [0.25, 0.3) is 5.91 Å². The number of carbonyl (C=O) groups excluding carboxylic acids is 3. The van der Waals surface area contributed by atoms with Gasteiger partial charge < -0.3 is 14.6 Å². The topological polar surface area (TPSA) is 82.9 Å². The summed E-state index contributed by atoms with van der Waals surface area (Å²) in [6.45, 7) is -0.0867. The number of furan rings is 1. The molecule has 2 fully saturated rings. The van der Waals surface area contributed by atoms with Gasteiger partial charge in [0.05, 0.1) is 6.54 Å². The van der Waals surface area contributed by atoms with Crippen LogP contribution in [-0.4, -0.2) is 46.8 Å². The number of nitrogens with one attached hydrogen (secondary N) is 1. The fraction of sp³-hybridized carbons (Fsp3) is 0.409. The first-order chi connectivity index (χ1) is 14.4. The summed E-state index contributed by atoms with van der Waals surface area (Å²) in [4.78, 5) is 40.6. The number of imide groups is 1. The fourth-order valence-electron chi connectivity index (χ4n) is 4.30. The van der Waals surface area contributed by atoms with Crippen molar-refractivity contribution in [3.63, 3.8) is 0 Å². The van der Waals surface area contributed by atoms with Crippen LogP contribution < -0.4 is 5.32 Å². The second kappa shape index (κ2) is 8.26. The number of likely N-dealkylation sites (N-methyl/N-ethyl adjacent to an activating group) is 1. The number of halogens is 1. The quantitative estimate of drug-likeness (QED) is 0.666. The van der Waals surface area contributed by atoms with Crippen molar-refractivity contribution in [2.24, 2.45) is 0 Å². The number of hydrogen-bond acceptors (Lipinski definition) is 4. The Labute approximate surface area is 183 Å². The van der Waals surface area contributed by atoms with E-state index in [-0.39, 0.29) is 24.9 Å². The van der Waals surface area contributed by atoms with Gasteiger partial charge in [0.1, 0.15) is 23.6 Å². The molecule has 0 bridgehead atoms. The highest BCUT2D eigenvalue weighted by Crippen LogP contribution is 2.39. The molecule has 2 aliphatic rings. The molecule has 30 heavy (non-hydrogen) atoms. The first-order valence-corrected chi connectivity index (χ1v) is 10.9. The number of urea groups is 1. The van der Waals surface area contributed by atoms with E-state index in [9.17, 15) is 14.4 Å². The van der Waals surface area contributed by atoms with E-state index in [0.29, 0.717) is 24.4 Å². The van der Waals surface area contributed by atoms with Crippen molar-refractivity contribution in [2.45, 2.75) is 44.2 Å². The van der Waals surface area contributed by atoms with E-state index in [4.69, 9.17) is 4.42 Å². The molecule has 1 N–H and O–H groups in total. The molecule has 1 aliphatic heterocycles. The molecule has 1 spiro atoms. The molecule has 1 saturated heterocycles. The van der Waals surface area contributed by atoms with Gasteiger partial charge in [-0.3, -0.25) is 14.5 Å². The van der Waals surface area contributed by atoms with Crippen LogP contribution in [0.5, 0.6) is 0 Å². The Hall–Kier alpha value is -2.61. The number of nitrogens with zero attached hydrogens (tertiary/aromatic N) is 2. The van der Waals surface area contributed by atoms with Crippen LogP contribution in [0.15, 0.2) is 45.3 Å². The average molecular weight is 474 g/mol. The molecule has 2 heterocycles. The first kappa shape index (κ1) is 20.7. The highest BCUT2D eigenvalue weighted by Gasteiger charge is 2.55. The lowest BCUT2D eigenvalue weighted by Crippen LogP contribution is -2.49. The smallest absolute Gasteiger partial charge is 0.327 e. The summed E-state index contributed by atoms with van der Waals surface area (Å²) in [5.74, 6) is 0.665. The minimum atomic E-state index is -0.768. The molecule has 1 aromatic heterocycles. The Morgan fingerprint density at radius 2 is 1.80 bits per heavy atom. The van der Waals surface area contributed by atoms with E-state index < -0.39 is 11.6 Å². The summed E-state index contributed by atoms with van der Waals surface area (Å²) in [5, 5.41) is 2.74. The maximum Gasteiger partial charge on any atom is 0.327 e. The van der Waals surface area contributed by atoms with E-state index >= 15 is 0 Å². The third kappa shape index (κ3) is 3.76. The lowest BCUT2D eigenvalue weighted by atomic mass is 9.81. The second-order valence-electron chi connectivity index (χ2n) is 7.87. The molecule has 0 radical (unpaired) electrons. The van der Waals surface area contributed by atoms with Crippen LogP contribution in [0.2, 0.25) is 0 Å². The minimum Gasteiger partial charge on any atom is -0.459 e. The zero-order valence-electron chi connectivity index (χ0n) is 16.8. The van der Waals surface area contributed by atoms with E-state index in [1.807, 2.05) is 30.3 Å². The predicted octanol–water partition coefficient (Wildman–Crippen LogP) is 3.92. The largest absolute Gasteiger partial charge is 0.459 e. The van der Waals surface area contributed by atoms with Crippen molar-refractivity contribution in [3.8, 4) is 11.3 Å². The Morgan fingerprint density at radius 1 is 1.10 bits per heavy atom. The van der Waals surface area contributed by atoms with E-state index in [1.54, 1.807) is 13.1 Å². The molecule has 2 aromatic rings. The Balaban J connectivity index is 1.36. The standard InChI is InChI=1S/C22H24BrN3O4/c1-25-21(29)26(20(28)22(25)11-3-2-4-12-22)14-19(27)24-13-17-9-10-18(30-17)15-5-7-16(23)8-6-15/h5-10H,2-4,11-14H2,1H3,(H,24,27). The van der Waals surface area contributed by atoms with Crippen LogP contribution in [0.25, 0.3) is 11.3 Å². The summed E-state index contributed by atoms with van der Waals surface area (Å²) in [6.07, 6.45) is 4.24. The van der Waals surface area contributed by atoms with Crippen molar-refractivity contribution < 1.29 is 18.8 Å². The molecule has 8 heteroatoms. The van der Waals surface area contributed by atoms with E-state index in [2.05, 4.69) is 21.2 Å². The van der Waals surface area contributed by atoms with Crippen molar-refractivity contribution in [3.05, 3.63) is 46.6 Å². The summed E-state index contributed by atoms with van der Waals surface area (Å²) in [6, 6.07) is 11.0. The highest BCUT2D eigenvalue weighted by molar-refractivity contribution is 9.10. The number of rotatable bonds is 5. The molecular weight excluding hydrogens is 450 g/mol. The lowest BCUT2D eigenvalue weighted by molar-refractivity contribution is -0.137. The molecule has 158 valence electrons. The third-order valence-electron chi connectivity index (χ3n) is 6.04. The highest BCUT2D eigenvalue weighted by atomic mass is 79.9. The summed E-state index contributed by atoms with van der Waals surface area (Å²) < 4.78 is 6.78. The van der Waals surface area contributed by atoms with Gasteiger partial charge in [-0.15, -0.1) is 0 Å². The van der Waals surface area contributed by atoms with Gasteiger partial charge in [-0.1, -0.05) is 47.3 Å². The molecule has 0 unspecified atom stereocenters. The van der Waals surface area contributed by atoms with Crippen molar-refractivity contribution in [2.75, 3.05) is 13.6 Å². The van der Waals surface area contributed by atoms with Gasteiger partial charge in [0.15, 0.2) is 0 Å². The van der Waals surface area contributed by atoms with Gasteiger partial charge in [0.2, 0.25) is 5.91 Å². The minimum absolute atomic E-state index is 0.187.